The zero-order chi connectivity index (χ0) is 29.1. The molecule has 1 fully saturated rings. The molecule has 2 N–H and O–H groups in total. The Hall–Kier alpha value is -2.50. The molecule has 1 amide bonds. The summed E-state index contributed by atoms with van der Waals surface area (Å²) in [5.41, 5.74) is 3.03. The highest BCUT2D eigenvalue weighted by molar-refractivity contribution is 7.91. The van der Waals surface area contributed by atoms with Crippen LogP contribution in [0.2, 0.25) is 0 Å². The van der Waals surface area contributed by atoms with Crippen LogP contribution in [0.3, 0.4) is 0 Å². The standard InChI is InChI=1S/C29H38F3N3O4S/c1-3-27-24-11-7-21(28(37)34-26(18-36)25-12-10-23(16-33-25)40(38,39)4-2)15-20(24)13-14-35(27)17-19-5-8-22(9-6-19)29(30,31)32/h7,10-12,15-16,19,22,26-27,36H,3-6,8-9,13-14,17-18H2,1-2H3,(H,34,37)/t19-,22-,26?,27-/m0/s1. The minimum absolute atomic E-state index is 0.0495. The number of sulfone groups is 1. The predicted molar refractivity (Wildman–Crippen MR) is 146 cm³/mol. The maximum Gasteiger partial charge on any atom is 0.391 e. The summed E-state index contributed by atoms with van der Waals surface area (Å²) in [4.78, 5) is 19.7. The van der Waals surface area contributed by atoms with Gasteiger partial charge in [0.1, 0.15) is 0 Å². The Balaban J connectivity index is 1.41. The van der Waals surface area contributed by atoms with E-state index >= 15 is 0 Å². The molecule has 220 valence electrons. The molecule has 0 bridgehead atoms. The lowest BCUT2D eigenvalue weighted by Gasteiger charge is -2.40. The molecule has 2 aliphatic rings. The number of carbonyl (C=O) groups excluding carboxylic acids is 1. The second-order valence-electron chi connectivity index (χ2n) is 10.9. The van der Waals surface area contributed by atoms with Crippen molar-refractivity contribution in [3.8, 4) is 0 Å². The number of aliphatic hydroxyl groups excluding tert-OH is 1. The molecular weight excluding hydrogens is 543 g/mol. The third kappa shape index (κ3) is 6.86. The highest BCUT2D eigenvalue weighted by Crippen LogP contribution is 2.41. The number of rotatable bonds is 9. The molecule has 1 unspecified atom stereocenters. The van der Waals surface area contributed by atoms with Crippen molar-refractivity contribution in [1.82, 2.24) is 15.2 Å². The first-order valence-electron chi connectivity index (χ1n) is 14.0. The van der Waals surface area contributed by atoms with Crippen molar-refractivity contribution < 1.29 is 31.5 Å². The number of nitrogens with one attached hydrogen (secondary N) is 1. The summed E-state index contributed by atoms with van der Waals surface area (Å²) >= 11 is 0. The van der Waals surface area contributed by atoms with E-state index in [0.29, 0.717) is 24.1 Å². The van der Waals surface area contributed by atoms with E-state index in [9.17, 15) is 31.5 Å². The van der Waals surface area contributed by atoms with Gasteiger partial charge in [-0.3, -0.25) is 14.7 Å². The van der Waals surface area contributed by atoms with Gasteiger partial charge in [0.2, 0.25) is 0 Å². The van der Waals surface area contributed by atoms with Crippen LogP contribution in [0.25, 0.3) is 0 Å². The van der Waals surface area contributed by atoms with Crippen LogP contribution in [0.5, 0.6) is 0 Å². The van der Waals surface area contributed by atoms with Gasteiger partial charge in [-0.2, -0.15) is 13.2 Å². The van der Waals surface area contributed by atoms with Gasteiger partial charge < -0.3 is 10.4 Å². The number of hydrogen-bond donors (Lipinski definition) is 2. The minimum atomic E-state index is -4.10. The first-order valence-corrected chi connectivity index (χ1v) is 15.7. The molecule has 2 heterocycles. The smallest absolute Gasteiger partial charge is 0.391 e. The largest absolute Gasteiger partial charge is 0.394 e. The number of pyridine rings is 1. The van der Waals surface area contributed by atoms with Gasteiger partial charge >= 0.3 is 6.18 Å². The number of halogens is 3. The van der Waals surface area contributed by atoms with Crippen LogP contribution in [-0.2, 0) is 16.3 Å². The van der Waals surface area contributed by atoms with E-state index in [4.69, 9.17) is 0 Å². The third-order valence-corrected chi connectivity index (χ3v) is 10.1. The van der Waals surface area contributed by atoms with Crippen LogP contribution in [0.15, 0.2) is 41.4 Å². The lowest BCUT2D eigenvalue weighted by atomic mass is 9.80. The van der Waals surface area contributed by atoms with E-state index in [1.54, 1.807) is 13.0 Å². The van der Waals surface area contributed by atoms with Gasteiger partial charge in [0.25, 0.3) is 5.91 Å². The fourth-order valence-electron chi connectivity index (χ4n) is 6.01. The Kier molecular flexibility index (Phi) is 9.57. The average Bonchev–Trinajstić information content (AvgIpc) is 2.95. The molecule has 40 heavy (non-hydrogen) atoms. The molecule has 0 spiro atoms. The molecule has 2 aromatic rings. The summed E-state index contributed by atoms with van der Waals surface area (Å²) in [6.07, 6.45) is 0.353. The van der Waals surface area contributed by atoms with Crippen molar-refractivity contribution in [1.29, 1.82) is 0 Å². The third-order valence-electron chi connectivity index (χ3n) is 8.41. The SMILES string of the molecule is CC[C@H]1c2ccc(C(=O)NC(CO)c3ccc(S(=O)(=O)CC)cn3)cc2CCN1C[C@H]1CC[C@H](C(F)(F)F)CC1. The Morgan fingerprint density at radius 1 is 1.15 bits per heavy atom. The number of aromatic nitrogens is 1. The summed E-state index contributed by atoms with van der Waals surface area (Å²) in [6.45, 7) is 4.82. The van der Waals surface area contributed by atoms with Crippen LogP contribution in [0, 0.1) is 11.8 Å². The Morgan fingerprint density at radius 3 is 2.45 bits per heavy atom. The Bertz CT molecular complexity index is 1280. The summed E-state index contributed by atoms with van der Waals surface area (Å²) in [6, 6.07) is 7.86. The zero-order valence-electron chi connectivity index (χ0n) is 23.0. The zero-order valence-corrected chi connectivity index (χ0v) is 23.8. The molecule has 1 saturated carbocycles. The maximum absolute atomic E-state index is 13.1. The lowest BCUT2D eigenvalue weighted by molar-refractivity contribution is -0.184. The highest BCUT2D eigenvalue weighted by Gasteiger charge is 2.42. The Labute approximate surface area is 234 Å². The molecule has 2 atom stereocenters. The van der Waals surface area contributed by atoms with E-state index in [-0.39, 0.29) is 41.4 Å². The number of aliphatic hydroxyl groups is 1. The van der Waals surface area contributed by atoms with Crippen molar-refractivity contribution >= 4 is 15.7 Å². The van der Waals surface area contributed by atoms with E-state index < -0.39 is 34.6 Å². The molecule has 1 aromatic heterocycles. The number of amides is 1. The van der Waals surface area contributed by atoms with Gasteiger partial charge in [-0.25, -0.2) is 8.42 Å². The number of carbonyl (C=O) groups is 1. The van der Waals surface area contributed by atoms with Gasteiger partial charge in [-0.15, -0.1) is 0 Å². The van der Waals surface area contributed by atoms with Crippen LogP contribution in [0.4, 0.5) is 13.2 Å². The first kappa shape index (κ1) is 30.5. The van der Waals surface area contributed by atoms with Crippen LogP contribution in [0.1, 0.15) is 85.2 Å². The summed E-state index contributed by atoms with van der Waals surface area (Å²) in [5.74, 6) is -1.33. The van der Waals surface area contributed by atoms with Gasteiger partial charge in [0.05, 0.1) is 34.9 Å². The van der Waals surface area contributed by atoms with Crippen LogP contribution in [-0.4, -0.2) is 60.9 Å². The average molecular weight is 582 g/mol. The number of alkyl halides is 3. The molecule has 0 radical (unpaired) electrons. The molecule has 7 nitrogen and oxygen atoms in total. The minimum Gasteiger partial charge on any atom is -0.394 e. The molecular formula is C29H38F3N3O4S. The van der Waals surface area contributed by atoms with E-state index in [0.717, 1.165) is 37.1 Å². The number of benzene rings is 1. The van der Waals surface area contributed by atoms with Crippen molar-refractivity contribution in [3.05, 3.63) is 58.9 Å². The molecule has 1 aliphatic heterocycles. The summed E-state index contributed by atoms with van der Waals surface area (Å²) < 4.78 is 63.3. The van der Waals surface area contributed by atoms with Gasteiger partial charge in [0, 0.05) is 30.9 Å². The second-order valence-corrected chi connectivity index (χ2v) is 13.2. The van der Waals surface area contributed by atoms with Gasteiger partial charge in [-0.1, -0.05) is 19.9 Å². The van der Waals surface area contributed by atoms with Gasteiger partial charge in [0.15, 0.2) is 9.84 Å². The molecule has 1 aliphatic carbocycles. The van der Waals surface area contributed by atoms with E-state index in [2.05, 4.69) is 22.1 Å². The van der Waals surface area contributed by atoms with Crippen LogP contribution >= 0.6 is 0 Å². The molecule has 0 saturated heterocycles. The lowest BCUT2D eigenvalue weighted by Crippen LogP contribution is -2.40. The second kappa shape index (κ2) is 12.6. The topological polar surface area (TPSA) is 99.6 Å². The monoisotopic (exact) mass is 581 g/mol. The van der Waals surface area contributed by atoms with E-state index in [1.165, 1.54) is 18.3 Å². The fourth-order valence-corrected chi connectivity index (χ4v) is 6.83. The predicted octanol–water partition coefficient (Wildman–Crippen LogP) is 5.02. The fraction of sp³-hybridized carbons (Fsp3) is 0.586. The summed E-state index contributed by atoms with van der Waals surface area (Å²) in [5, 5.41) is 12.7. The van der Waals surface area contributed by atoms with Crippen LogP contribution < -0.4 is 5.32 Å². The highest BCUT2D eigenvalue weighted by atomic mass is 32.2. The summed E-state index contributed by atoms with van der Waals surface area (Å²) in [7, 11) is -3.41. The molecule has 11 heteroatoms. The van der Waals surface area contributed by atoms with Crippen molar-refractivity contribution in [2.24, 2.45) is 11.8 Å². The van der Waals surface area contributed by atoms with Crippen molar-refractivity contribution in [2.75, 3.05) is 25.4 Å². The van der Waals surface area contributed by atoms with Crippen molar-refractivity contribution in [2.45, 2.75) is 75.5 Å². The van der Waals surface area contributed by atoms with Crippen molar-refractivity contribution in [3.63, 3.8) is 0 Å². The normalized spacial score (nSPS) is 22.9. The molecule has 1 aromatic carbocycles. The number of nitrogens with zero attached hydrogens (tertiary/aromatic N) is 2. The number of fused-ring (bicyclic) bond motifs is 1. The van der Waals surface area contributed by atoms with Gasteiger partial charge in [-0.05, 0) is 79.8 Å². The maximum atomic E-state index is 13.1. The quantitative estimate of drug-likeness (QED) is 0.432. The Morgan fingerprint density at radius 2 is 1.88 bits per heavy atom. The number of hydrogen-bond acceptors (Lipinski definition) is 6. The first-order chi connectivity index (χ1) is 19.0. The molecule has 4 rings (SSSR count). The van der Waals surface area contributed by atoms with E-state index in [1.807, 2.05) is 12.1 Å².